The van der Waals surface area contributed by atoms with Crippen molar-refractivity contribution in [3.63, 3.8) is 0 Å². The van der Waals surface area contributed by atoms with Crippen molar-refractivity contribution < 1.29 is 14.4 Å². The van der Waals surface area contributed by atoms with Crippen LogP contribution in [0.1, 0.15) is 31.9 Å². The van der Waals surface area contributed by atoms with E-state index >= 15 is 0 Å². The summed E-state index contributed by atoms with van der Waals surface area (Å²) >= 11 is 0. The first kappa shape index (κ1) is 17.2. The number of hydrogen-bond donors (Lipinski definition) is 1. The Kier molecular flexibility index (Phi) is 6.35. The third-order valence-electron chi connectivity index (χ3n) is 4.08. The predicted molar refractivity (Wildman–Crippen MR) is 89.2 cm³/mol. The normalized spacial score (nSPS) is 12.5. The molecule has 2 rings (SSSR count). The lowest BCUT2D eigenvalue weighted by Gasteiger charge is -2.20. The molecule has 2 aromatic rings. The molecule has 0 aliphatic heterocycles. The molecule has 124 valence electrons. The number of aromatic nitrogens is 1. The zero-order chi connectivity index (χ0) is 16.7. The van der Waals surface area contributed by atoms with E-state index in [9.17, 15) is 4.79 Å². The van der Waals surface area contributed by atoms with E-state index in [0.29, 0.717) is 0 Å². The molecular formula is C18H24N2O3. The van der Waals surface area contributed by atoms with E-state index in [0.717, 1.165) is 49.2 Å². The lowest BCUT2D eigenvalue weighted by Crippen LogP contribution is -2.36. The molecule has 1 unspecified atom stereocenters. The van der Waals surface area contributed by atoms with Gasteiger partial charge in [-0.15, -0.1) is 0 Å². The number of benzene rings is 1. The van der Waals surface area contributed by atoms with E-state index in [1.807, 2.05) is 48.3 Å². The molecule has 1 aromatic heterocycles. The quantitative estimate of drug-likeness (QED) is 0.718. The van der Waals surface area contributed by atoms with Crippen molar-refractivity contribution in [2.24, 2.45) is 0 Å². The molecule has 1 aromatic carbocycles. The van der Waals surface area contributed by atoms with Crippen LogP contribution in [0.4, 0.5) is 0 Å². The molecule has 0 aliphatic carbocycles. The SMILES string of the molecule is CC(C(=O)O)N(C)CCCCCc1cc(-c2ccccc2)no1. The number of hydrogen-bond acceptors (Lipinski definition) is 4. The van der Waals surface area contributed by atoms with Gasteiger partial charge in [-0.2, -0.15) is 0 Å². The monoisotopic (exact) mass is 316 g/mol. The summed E-state index contributed by atoms with van der Waals surface area (Å²) in [6.45, 7) is 2.50. The van der Waals surface area contributed by atoms with Crippen molar-refractivity contribution in [3.8, 4) is 11.3 Å². The van der Waals surface area contributed by atoms with Crippen LogP contribution in [0.15, 0.2) is 40.9 Å². The highest BCUT2D eigenvalue weighted by molar-refractivity contribution is 5.72. The third-order valence-corrected chi connectivity index (χ3v) is 4.08. The van der Waals surface area contributed by atoms with Crippen molar-refractivity contribution in [1.82, 2.24) is 10.1 Å². The van der Waals surface area contributed by atoms with Gasteiger partial charge in [-0.3, -0.25) is 9.69 Å². The fraction of sp³-hybridized carbons (Fsp3) is 0.444. The molecular weight excluding hydrogens is 292 g/mol. The number of aliphatic carboxylic acids is 1. The lowest BCUT2D eigenvalue weighted by atomic mass is 10.1. The third kappa shape index (κ3) is 5.21. The lowest BCUT2D eigenvalue weighted by molar-refractivity contribution is -0.142. The number of unbranched alkanes of at least 4 members (excludes halogenated alkanes) is 2. The van der Waals surface area contributed by atoms with E-state index in [2.05, 4.69) is 5.16 Å². The smallest absolute Gasteiger partial charge is 0.320 e. The number of carboxylic acids is 1. The van der Waals surface area contributed by atoms with Crippen LogP contribution in [0.25, 0.3) is 11.3 Å². The minimum absolute atomic E-state index is 0.433. The minimum atomic E-state index is -0.775. The molecule has 1 N–H and O–H groups in total. The molecule has 0 aliphatic rings. The fourth-order valence-corrected chi connectivity index (χ4v) is 2.40. The van der Waals surface area contributed by atoms with E-state index in [-0.39, 0.29) is 0 Å². The molecule has 0 saturated heterocycles. The Hall–Kier alpha value is -2.14. The molecule has 0 radical (unpaired) electrons. The van der Waals surface area contributed by atoms with Gasteiger partial charge in [0.2, 0.25) is 0 Å². The van der Waals surface area contributed by atoms with Crippen molar-refractivity contribution in [1.29, 1.82) is 0 Å². The van der Waals surface area contributed by atoms with Crippen LogP contribution in [0.5, 0.6) is 0 Å². The van der Waals surface area contributed by atoms with Crippen LogP contribution in [0, 0.1) is 0 Å². The van der Waals surface area contributed by atoms with Gasteiger partial charge in [0.25, 0.3) is 0 Å². The molecule has 23 heavy (non-hydrogen) atoms. The highest BCUT2D eigenvalue weighted by Gasteiger charge is 2.15. The Morgan fingerprint density at radius 1 is 1.26 bits per heavy atom. The van der Waals surface area contributed by atoms with Crippen LogP contribution in [-0.4, -0.2) is 40.8 Å². The second kappa shape index (κ2) is 8.48. The second-order valence-electron chi connectivity index (χ2n) is 5.85. The number of likely N-dealkylation sites (N-methyl/N-ethyl adjacent to an activating group) is 1. The summed E-state index contributed by atoms with van der Waals surface area (Å²) in [5, 5.41) is 13.0. The van der Waals surface area contributed by atoms with Crippen molar-refractivity contribution in [2.45, 2.75) is 38.6 Å². The first-order chi connectivity index (χ1) is 11.1. The van der Waals surface area contributed by atoms with Crippen LogP contribution >= 0.6 is 0 Å². The number of carbonyl (C=O) groups is 1. The van der Waals surface area contributed by atoms with Crippen molar-refractivity contribution in [3.05, 3.63) is 42.2 Å². The Balaban J connectivity index is 1.69. The van der Waals surface area contributed by atoms with Crippen LogP contribution in [-0.2, 0) is 11.2 Å². The summed E-state index contributed by atoms with van der Waals surface area (Å²) in [4.78, 5) is 12.7. The summed E-state index contributed by atoms with van der Waals surface area (Å²) in [7, 11) is 1.85. The zero-order valence-corrected chi connectivity index (χ0v) is 13.7. The number of aryl methyl sites for hydroxylation is 1. The van der Waals surface area contributed by atoms with Gasteiger partial charge in [-0.25, -0.2) is 0 Å². The standard InChI is InChI=1S/C18H24N2O3/c1-14(18(21)22)20(2)12-8-4-7-11-16-13-17(19-23-16)15-9-5-3-6-10-15/h3,5-6,9-10,13-14H,4,7-8,11-12H2,1-2H3,(H,21,22). The number of rotatable bonds is 9. The number of nitrogens with zero attached hydrogens (tertiary/aromatic N) is 2. The molecule has 0 amide bonds. The molecule has 0 fully saturated rings. The molecule has 0 saturated carbocycles. The highest BCUT2D eigenvalue weighted by Crippen LogP contribution is 2.19. The van der Waals surface area contributed by atoms with Gasteiger partial charge in [0.1, 0.15) is 17.5 Å². The topological polar surface area (TPSA) is 66.6 Å². The first-order valence-electron chi connectivity index (χ1n) is 8.02. The maximum Gasteiger partial charge on any atom is 0.320 e. The predicted octanol–water partition coefficient (Wildman–Crippen LogP) is 3.46. The van der Waals surface area contributed by atoms with Gasteiger partial charge in [0.15, 0.2) is 0 Å². The summed E-state index contributed by atoms with van der Waals surface area (Å²) in [6, 6.07) is 11.5. The van der Waals surface area contributed by atoms with Gasteiger partial charge in [-0.1, -0.05) is 41.9 Å². The van der Waals surface area contributed by atoms with Gasteiger partial charge in [-0.05, 0) is 33.4 Å². The zero-order valence-electron chi connectivity index (χ0n) is 13.7. The Morgan fingerprint density at radius 3 is 2.70 bits per heavy atom. The van der Waals surface area contributed by atoms with Gasteiger partial charge < -0.3 is 9.63 Å². The molecule has 0 bridgehead atoms. The van der Waals surface area contributed by atoms with E-state index in [1.54, 1.807) is 6.92 Å². The van der Waals surface area contributed by atoms with Crippen molar-refractivity contribution >= 4 is 5.97 Å². The highest BCUT2D eigenvalue weighted by atomic mass is 16.5. The van der Waals surface area contributed by atoms with E-state index < -0.39 is 12.0 Å². The summed E-state index contributed by atoms with van der Waals surface area (Å²) in [6.07, 6.45) is 3.89. The molecule has 5 nitrogen and oxygen atoms in total. The van der Waals surface area contributed by atoms with Crippen LogP contribution in [0.3, 0.4) is 0 Å². The second-order valence-corrected chi connectivity index (χ2v) is 5.85. The van der Waals surface area contributed by atoms with E-state index in [4.69, 9.17) is 9.63 Å². The molecule has 5 heteroatoms. The summed E-state index contributed by atoms with van der Waals surface area (Å²) in [5.41, 5.74) is 1.93. The molecule has 1 heterocycles. The Labute approximate surface area is 136 Å². The Morgan fingerprint density at radius 2 is 2.00 bits per heavy atom. The maximum atomic E-state index is 10.9. The van der Waals surface area contributed by atoms with Gasteiger partial charge in [0, 0.05) is 18.1 Å². The van der Waals surface area contributed by atoms with Gasteiger partial charge >= 0.3 is 5.97 Å². The average molecular weight is 316 g/mol. The average Bonchev–Trinajstić information content (AvgIpc) is 3.03. The maximum absolute atomic E-state index is 10.9. The first-order valence-corrected chi connectivity index (χ1v) is 8.02. The number of carboxylic acid groups (broad SMARTS) is 1. The Bertz CT molecular complexity index is 610. The van der Waals surface area contributed by atoms with Crippen LogP contribution in [0.2, 0.25) is 0 Å². The van der Waals surface area contributed by atoms with Crippen LogP contribution < -0.4 is 0 Å². The minimum Gasteiger partial charge on any atom is -0.480 e. The molecule has 0 spiro atoms. The largest absolute Gasteiger partial charge is 0.480 e. The van der Waals surface area contributed by atoms with E-state index in [1.165, 1.54) is 0 Å². The fourth-order valence-electron chi connectivity index (χ4n) is 2.40. The summed E-state index contributed by atoms with van der Waals surface area (Å²) in [5.74, 6) is 0.124. The molecule has 1 atom stereocenters. The summed E-state index contributed by atoms with van der Waals surface area (Å²) < 4.78 is 5.38. The van der Waals surface area contributed by atoms with Crippen molar-refractivity contribution in [2.75, 3.05) is 13.6 Å². The van der Waals surface area contributed by atoms with Gasteiger partial charge in [0.05, 0.1) is 0 Å².